The first-order valence-corrected chi connectivity index (χ1v) is 7.14. The molecule has 1 saturated heterocycles. The molecule has 0 amide bonds. The number of hydrogen-bond donors (Lipinski definition) is 1. The molecule has 0 bridgehead atoms. The van der Waals surface area contributed by atoms with E-state index in [2.05, 4.69) is 24.0 Å². The van der Waals surface area contributed by atoms with Gasteiger partial charge in [-0.05, 0) is 44.7 Å². The number of nitrogens with zero attached hydrogens (tertiary/aromatic N) is 1. The molecule has 1 aromatic rings. The summed E-state index contributed by atoms with van der Waals surface area (Å²) in [6.45, 7) is 4.88. The Balaban J connectivity index is 2.33. The first-order valence-electron chi connectivity index (χ1n) is 7.14. The van der Waals surface area contributed by atoms with Gasteiger partial charge in [-0.15, -0.1) is 0 Å². The van der Waals surface area contributed by atoms with Gasteiger partial charge >= 0.3 is 5.97 Å². The third-order valence-electron chi connectivity index (χ3n) is 4.35. The van der Waals surface area contributed by atoms with Crippen LogP contribution in [0.2, 0.25) is 0 Å². The highest BCUT2D eigenvalue weighted by Crippen LogP contribution is 2.37. The van der Waals surface area contributed by atoms with E-state index >= 15 is 0 Å². The van der Waals surface area contributed by atoms with Crippen LogP contribution in [0.15, 0.2) is 30.3 Å². The highest BCUT2D eigenvalue weighted by molar-refractivity contribution is 5.78. The quantitative estimate of drug-likeness (QED) is 0.902. The summed E-state index contributed by atoms with van der Waals surface area (Å²) < 4.78 is 0. The van der Waals surface area contributed by atoms with Crippen molar-refractivity contribution in [3.8, 4) is 0 Å². The number of carbonyl (C=O) groups is 1. The lowest BCUT2D eigenvalue weighted by molar-refractivity contribution is -0.155. The first kappa shape index (κ1) is 14.1. The van der Waals surface area contributed by atoms with Crippen molar-refractivity contribution in [2.45, 2.75) is 51.1 Å². The van der Waals surface area contributed by atoms with Crippen molar-refractivity contribution in [2.24, 2.45) is 0 Å². The molecule has 1 N–H and O–H groups in total. The van der Waals surface area contributed by atoms with Gasteiger partial charge in [-0.1, -0.05) is 37.3 Å². The largest absolute Gasteiger partial charge is 0.480 e. The molecule has 2 atom stereocenters. The predicted octanol–water partition coefficient (Wildman–Crippen LogP) is 3.47. The minimum Gasteiger partial charge on any atom is -0.480 e. The molecule has 3 nitrogen and oxygen atoms in total. The lowest BCUT2D eigenvalue weighted by atomic mass is 9.85. The Hall–Kier alpha value is -1.35. The van der Waals surface area contributed by atoms with E-state index in [-0.39, 0.29) is 6.04 Å². The van der Waals surface area contributed by atoms with Gasteiger partial charge in [-0.3, -0.25) is 9.69 Å². The molecule has 1 aliphatic heterocycles. The molecule has 0 aromatic heterocycles. The van der Waals surface area contributed by atoms with Crippen LogP contribution in [0.25, 0.3) is 0 Å². The van der Waals surface area contributed by atoms with Crippen molar-refractivity contribution in [3.63, 3.8) is 0 Å². The van der Waals surface area contributed by atoms with Crippen LogP contribution in [0.4, 0.5) is 0 Å². The summed E-state index contributed by atoms with van der Waals surface area (Å²) in [4.78, 5) is 13.9. The minimum atomic E-state index is -0.727. The number of piperidine rings is 1. The topological polar surface area (TPSA) is 40.5 Å². The number of carboxylic acids is 1. The molecule has 1 fully saturated rings. The smallest absolute Gasteiger partial charge is 0.323 e. The molecule has 2 rings (SSSR count). The summed E-state index contributed by atoms with van der Waals surface area (Å²) in [7, 11) is 0. The van der Waals surface area contributed by atoms with Crippen LogP contribution in [-0.2, 0) is 4.79 Å². The Morgan fingerprint density at radius 3 is 2.63 bits per heavy atom. The number of rotatable bonds is 4. The summed E-state index contributed by atoms with van der Waals surface area (Å²) >= 11 is 0. The van der Waals surface area contributed by atoms with E-state index in [1.807, 2.05) is 25.1 Å². The predicted molar refractivity (Wildman–Crippen MR) is 76.1 cm³/mol. The Kier molecular flexibility index (Phi) is 4.25. The van der Waals surface area contributed by atoms with Gasteiger partial charge in [-0.2, -0.15) is 0 Å². The number of likely N-dealkylation sites (tertiary alicyclic amines) is 1. The second-order valence-electron chi connectivity index (χ2n) is 5.56. The summed E-state index contributed by atoms with van der Waals surface area (Å²) in [5.41, 5.74) is 0.494. The zero-order valence-corrected chi connectivity index (χ0v) is 11.8. The number of benzene rings is 1. The molecule has 104 valence electrons. The van der Waals surface area contributed by atoms with E-state index in [1.165, 1.54) is 5.56 Å². The fourth-order valence-electron chi connectivity index (χ4n) is 3.18. The number of aliphatic carboxylic acids is 1. The van der Waals surface area contributed by atoms with Gasteiger partial charge in [0.1, 0.15) is 5.54 Å². The molecule has 2 unspecified atom stereocenters. The SMILES string of the molecule is CCC(c1ccccc1)N1CCCCC1(C)C(=O)O. The van der Waals surface area contributed by atoms with Crippen LogP contribution >= 0.6 is 0 Å². The Bertz CT molecular complexity index is 432. The van der Waals surface area contributed by atoms with Crippen LogP contribution in [0.3, 0.4) is 0 Å². The third kappa shape index (κ3) is 2.66. The van der Waals surface area contributed by atoms with Gasteiger partial charge in [0.2, 0.25) is 0 Å². The maximum absolute atomic E-state index is 11.7. The number of carboxylic acid groups (broad SMARTS) is 1. The fourth-order valence-corrected chi connectivity index (χ4v) is 3.18. The molecular weight excluding hydrogens is 238 g/mol. The molecule has 19 heavy (non-hydrogen) atoms. The highest BCUT2D eigenvalue weighted by Gasteiger charge is 2.44. The molecule has 3 heteroatoms. The van der Waals surface area contributed by atoms with Crippen molar-refractivity contribution in [1.82, 2.24) is 4.90 Å². The van der Waals surface area contributed by atoms with Crippen LogP contribution in [-0.4, -0.2) is 28.1 Å². The van der Waals surface area contributed by atoms with E-state index in [0.29, 0.717) is 0 Å². The number of hydrogen-bond acceptors (Lipinski definition) is 2. The molecule has 1 aromatic carbocycles. The molecular formula is C16H23NO2. The van der Waals surface area contributed by atoms with Gasteiger partial charge in [0.15, 0.2) is 0 Å². The van der Waals surface area contributed by atoms with E-state index in [4.69, 9.17) is 0 Å². The van der Waals surface area contributed by atoms with Gasteiger partial charge in [0.25, 0.3) is 0 Å². The fraction of sp³-hybridized carbons (Fsp3) is 0.562. The second kappa shape index (κ2) is 5.74. The van der Waals surface area contributed by atoms with Crippen LogP contribution in [0.5, 0.6) is 0 Å². The molecule has 1 heterocycles. The van der Waals surface area contributed by atoms with Crippen molar-refractivity contribution in [1.29, 1.82) is 0 Å². The summed E-state index contributed by atoms with van der Waals surface area (Å²) in [6.07, 6.45) is 3.77. The van der Waals surface area contributed by atoms with E-state index in [1.54, 1.807) is 0 Å². The van der Waals surface area contributed by atoms with Crippen molar-refractivity contribution in [2.75, 3.05) is 6.54 Å². The third-order valence-corrected chi connectivity index (χ3v) is 4.35. The molecule has 0 aliphatic carbocycles. The summed E-state index contributed by atoms with van der Waals surface area (Å²) in [6, 6.07) is 10.5. The molecule has 0 saturated carbocycles. The first-order chi connectivity index (χ1) is 9.09. The molecule has 0 radical (unpaired) electrons. The second-order valence-corrected chi connectivity index (χ2v) is 5.56. The summed E-state index contributed by atoms with van der Waals surface area (Å²) in [5, 5.41) is 9.62. The zero-order valence-electron chi connectivity index (χ0n) is 11.8. The lowest BCUT2D eigenvalue weighted by Gasteiger charge is -2.46. The van der Waals surface area contributed by atoms with Crippen molar-refractivity contribution < 1.29 is 9.90 Å². The van der Waals surface area contributed by atoms with Crippen LogP contribution in [0, 0.1) is 0 Å². The van der Waals surface area contributed by atoms with E-state index in [9.17, 15) is 9.90 Å². The van der Waals surface area contributed by atoms with Crippen molar-refractivity contribution >= 4 is 5.97 Å². The maximum Gasteiger partial charge on any atom is 0.323 e. The standard InChI is InChI=1S/C16H23NO2/c1-3-14(13-9-5-4-6-10-13)17-12-8-7-11-16(17,2)15(18)19/h4-6,9-10,14H,3,7-8,11-12H2,1-2H3,(H,18,19). The lowest BCUT2D eigenvalue weighted by Crippen LogP contribution is -2.56. The average molecular weight is 261 g/mol. The Morgan fingerprint density at radius 1 is 1.37 bits per heavy atom. The zero-order chi connectivity index (χ0) is 13.9. The van der Waals surface area contributed by atoms with E-state index < -0.39 is 11.5 Å². The monoisotopic (exact) mass is 261 g/mol. The molecule has 0 spiro atoms. The van der Waals surface area contributed by atoms with Gasteiger partial charge < -0.3 is 5.11 Å². The van der Waals surface area contributed by atoms with Crippen LogP contribution < -0.4 is 0 Å². The highest BCUT2D eigenvalue weighted by atomic mass is 16.4. The summed E-state index contributed by atoms with van der Waals surface area (Å²) in [5.74, 6) is -0.693. The van der Waals surface area contributed by atoms with Gasteiger partial charge in [0, 0.05) is 6.04 Å². The normalized spacial score (nSPS) is 26.0. The Morgan fingerprint density at radius 2 is 2.05 bits per heavy atom. The maximum atomic E-state index is 11.7. The average Bonchev–Trinajstić information content (AvgIpc) is 2.43. The van der Waals surface area contributed by atoms with Gasteiger partial charge in [0.05, 0.1) is 0 Å². The Labute approximate surface area is 115 Å². The van der Waals surface area contributed by atoms with Gasteiger partial charge in [-0.25, -0.2) is 0 Å². The molecule has 1 aliphatic rings. The minimum absolute atomic E-state index is 0.197. The van der Waals surface area contributed by atoms with Crippen LogP contribution in [0.1, 0.15) is 51.1 Å². The van der Waals surface area contributed by atoms with Crippen molar-refractivity contribution in [3.05, 3.63) is 35.9 Å². The van der Waals surface area contributed by atoms with E-state index in [0.717, 1.165) is 32.2 Å².